The minimum atomic E-state index is 0.746. The Hall–Kier alpha value is -1.42. The van der Waals surface area contributed by atoms with Gasteiger partial charge in [0.25, 0.3) is 0 Å². The van der Waals surface area contributed by atoms with Crippen LogP contribution in [0.15, 0.2) is 52.7 Å². The number of thiazole rings is 1. The average Bonchev–Trinajstić information content (AvgIpc) is 2.76. The van der Waals surface area contributed by atoms with Crippen LogP contribution in [0.25, 0.3) is 21.8 Å². The molecule has 0 saturated heterocycles. The Bertz CT molecular complexity index is 774. The highest BCUT2D eigenvalue weighted by Crippen LogP contribution is 2.32. The summed E-state index contributed by atoms with van der Waals surface area (Å²) in [6.07, 6.45) is 0. The molecule has 3 aromatic rings. The molecule has 1 nitrogen and oxygen atoms in total. The third kappa shape index (κ3) is 2.82. The Balaban J connectivity index is 2.12. The van der Waals surface area contributed by atoms with Gasteiger partial charge in [-0.05, 0) is 47.5 Å². The summed E-state index contributed by atoms with van der Waals surface area (Å²) in [6, 6.07) is 16.4. The normalized spacial score (nSPS) is 10.8. The maximum Gasteiger partial charge on any atom is 0.200 e. The summed E-state index contributed by atoms with van der Waals surface area (Å²) in [6.45, 7) is 2.09. The Morgan fingerprint density at radius 3 is 2.14 bits per heavy atom. The van der Waals surface area contributed by atoms with Crippen LogP contribution in [-0.4, -0.2) is 0 Å². The molecule has 2 aromatic carbocycles. The molecule has 0 spiro atoms. The molecule has 1 heterocycles. The van der Waals surface area contributed by atoms with Crippen molar-refractivity contribution in [1.82, 2.24) is 0 Å². The molecule has 0 bridgehead atoms. The van der Waals surface area contributed by atoms with Crippen LogP contribution in [0.3, 0.4) is 0 Å². The van der Waals surface area contributed by atoms with E-state index in [2.05, 4.69) is 42.8 Å². The summed E-state index contributed by atoms with van der Waals surface area (Å²) >= 11 is 13.2. The second kappa shape index (κ2) is 5.76. The zero-order valence-electron chi connectivity index (χ0n) is 11.8. The predicted molar refractivity (Wildman–Crippen MR) is 91.7 cm³/mol. The first-order valence-electron chi connectivity index (χ1n) is 6.59. The standard InChI is InChI=1S/C17H14ClNS2/c1-11-3-5-12(6-4-11)15-17(20)21-16(19(15)2)13-7-9-14(18)10-8-13/h3-10H,1-2H3. The van der Waals surface area contributed by atoms with Gasteiger partial charge in [0.1, 0.15) is 7.05 Å². The van der Waals surface area contributed by atoms with Crippen LogP contribution in [0.2, 0.25) is 5.02 Å². The van der Waals surface area contributed by atoms with E-state index in [0.29, 0.717) is 0 Å². The van der Waals surface area contributed by atoms with Gasteiger partial charge in [0.05, 0.1) is 0 Å². The van der Waals surface area contributed by atoms with Crippen LogP contribution >= 0.6 is 22.9 Å². The van der Waals surface area contributed by atoms with E-state index in [9.17, 15) is 0 Å². The van der Waals surface area contributed by atoms with Gasteiger partial charge in [-0.2, -0.15) is 0 Å². The molecule has 0 atom stereocenters. The van der Waals surface area contributed by atoms with Gasteiger partial charge < -0.3 is 12.6 Å². The molecule has 0 N–H and O–H groups in total. The van der Waals surface area contributed by atoms with E-state index in [0.717, 1.165) is 31.1 Å². The predicted octanol–water partition coefficient (Wildman–Crippen LogP) is 4.77. The van der Waals surface area contributed by atoms with Crippen molar-refractivity contribution in [2.75, 3.05) is 0 Å². The Morgan fingerprint density at radius 2 is 1.52 bits per heavy atom. The summed E-state index contributed by atoms with van der Waals surface area (Å²) in [4.78, 5) is 0. The van der Waals surface area contributed by atoms with Crippen molar-refractivity contribution in [1.29, 1.82) is 0 Å². The Labute approximate surface area is 139 Å². The van der Waals surface area contributed by atoms with Gasteiger partial charge in [-0.1, -0.05) is 29.3 Å². The lowest BCUT2D eigenvalue weighted by Crippen LogP contribution is -2.30. The van der Waals surface area contributed by atoms with E-state index in [-0.39, 0.29) is 0 Å². The van der Waals surface area contributed by atoms with Crippen LogP contribution in [0.4, 0.5) is 0 Å². The van der Waals surface area contributed by atoms with Crippen molar-refractivity contribution in [3.8, 4) is 21.8 Å². The van der Waals surface area contributed by atoms with Crippen molar-refractivity contribution in [3.63, 3.8) is 0 Å². The minimum absolute atomic E-state index is 0.746. The number of hydrogen-bond donors (Lipinski definition) is 0. The monoisotopic (exact) mass is 331 g/mol. The zero-order valence-corrected chi connectivity index (χ0v) is 14.1. The van der Waals surface area contributed by atoms with Crippen LogP contribution in [0, 0.1) is 6.92 Å². The summed E-state index contributed by atoms with van der Waals surface area (Å²) in [5.74, 6) is 0. The molecule has 21 heavy (non-hydrogen) atoms. The lowest BCUT2D eigenvalue weighted by Gasteiger charge is -2.02. The second-order valence-corrected chi connectivity index (χ2v) is 7.08. The second-order valence-electron chi connectivity index (χ2n) is 4.98. The van der Waals surface area contributed by atoms with E-state index in [1.165, 1.54) is 5.56 Å². The molecule has 3 rings (SSSR count). The molecule has 0 fully saturated rings. The maximum absolute atomic E-state index is 5.96. The minimum Gasteiger partial charge on any atom is -0.421 e. The van der Waals surface area contributed by atoms with Gasteiger partial charge in [0.15, 0.2) is 5.01 Å². The van der Waals surface area contributed by atoms with Gasteiger partial charge in [-0.25, -0.2) is 4.57 Å². The van der Waals surface area contributed by atoms with E-state index in [4.69, 9.17) is 24.2 Å². The molecular formula is C17H14ClNS2. The lowest BCUT2D eigenvalue weighted by molar-refractivity contribution is -0.646. The number of benzene rings is 2. The highest BCUT2D eigenvalue weighted by molar-refractivity contribution is 7.63. The molecule has 0 unspecified atom stereocenters. The first-order valence-corrected chi connectivity index (χ1v) is 8.19. The van der Waals surface area contributed by atoms with Gasteiger partial charge in [0, 0.05) is 16.1 Å². The number of aryl methyl sites for hydroxylation is 1. The Kier molecular flexibility index (Phi) is 3.98. The molecule has 0 aliphatic rings. The summed E-state index contributed by atoms with van der Waals surface area (Å²) in [7, 11) is 2.06. The third-order valence-electron chi connectivity index (χ3n) is 3.44. The van der Waals surface area contributed by atoms with Crippen LogP contribution in [-0.2, 0) is 19.7 Å². The van der Waals surface area contributed by atoms with Gasteiger partial charge in [-0.15, -0.1) is 0 Å². The summed E-state index contributed by atoms with van der Waals surface area (Å²) in [5, 5.41) is 1.89. The van der Waals surface area contributed by atoms with E-state index in [1.54, 1.807) is 11.3 Å². The van der Waals surface area contributed by atoms with Crippen LogP contribution in [0.1, 0.15) is 5.56 Å². The van der Waals surface area contributed by atoms with Crippen molar-refractivity contribution < 1.29 is 4.57 Å². The lowest BCUT2D eigenvalue weighted by atomic mass is 10.1. The molecule has 0 saturated carbocycles. The average molecular weight is 332 g/mol. The smallest absolute Gasteiger partial charge is 0.200 e. The molecule has 0 amide bonds. The number of halogens is 1. The number of rotatable bonds is 2. The SMILES string of the molecule is Cc1ccc(-c2c([S-])sc(-c3ccc(Cl)cc3)[n+]2C)cc1. The molecular weight excluding hydrogens is 318 g/mol. The Morgan fingerprint density at radius 1 is 0.952 bits per heavy atom. The van der Waals surface area contributed by atoms with Crippen LogP contribution in [0.5, 0.6) is 0 Å². The molecule has 4 heteroatoms. The third-order valence-corrected chi connectivity index (χ3v) is 5.22. The largest absolute Gasteiger partial charge is 0.421 e. The van der Waals surface area contributed by atoms with Gasteiger partial charge >= 0.3 is 0 Å². The number of hydrogen-bond acceptors (Lipinski definition) is 2. The summed E-state index contributed by atoms with van der Waals surface area (Å²) < 4.78 is 3.08. The fourth-order valence-electron chi connectivity index (χ4n) is 2.31. The number of nitrogens with zero attached hydrogens (tertiary/aromatic N) is 1. The van der Waals surface area contributed by atoms with Crippen molar-refractivity contribution in [2.45, 2.75) is 11.1 Å². The molecule has 1 aromatic heterocycles. The van der Waals surface area contributed by atoms with Crippen LogP contribution < -0.4 is 4.57 Å². The topological polar surface area (TPSA) is 3.88 Å². The maximum atomic E-state index is 5.96. The highest BCUT2D eigenvalue weighted by atomic mass is 35.5. The van der Waals surface area contributed by atoms with Gasteiger partial charge in [-0.3, -0.25) is 11.3 Å². The molecule has 0 radical (unpaired) electrons. The van der Waals surface area contributed by atoms with E-state index in [1.807, 2.05) is 24.3 Å². The fourth-order valence-corrected chi connectivity index (χ4v) is 3.94. The molecule has 106 valence electrons. The fraction of sp³-hybridized carbons (Fsp3) is 0.118. The van der Waals surface area contributed by atoms with E-state index >= 15 is 0 Å². The van der Waals surface area contributed by atoms with Crippen molar-refractivity contribution in [2.24, 2.45) is 7.05 Å². The van der Waals surface area contributed by atoms with Crippen molar-refractivity contribution >= 4 is 35.6 Å². The summed E-state index contributed by atoms with van der Waals surface area (Å²) in [5.41, 5.74) is 4.64. The number of aromatic nitrogens is 1. The quantitative estimate of drug-likeness (QED) is 0.483. The first-order chi connectivity index (χ1) is 10.1. The van der Waals surface area contributed by atoms with E-state index < -0.39 is 0 Å². The van der Waals surface area contributed by atoms with Crippen molar-refractivity contribution in [3.05, 3.63) is 59.1 Å². The van der Waals surface area contributed by atoms with Gasteiger partial charge in [0.2, 0.25) is 5.69 Å². The first kappa shape index (κ1) is 14.5. The molecule has 0 aliphatic carbocycles. The highest BCUT2D eigenvalue weighted by Gasteiger charge is 2.17. The zero-order chi connectivity index (χ0) is 15.0. The molecule has 0 aliphatic heterocycles.